The topological polar surface area (TPSA) is 71.8 Å². The molecular weight excluding hydrogens is 214 g/mol. The maximum Gasteiger partial charge on any atom is 0.250 e. The van der Waals surface area contributed by atoms with Gasteiger partial charge in [0, 0.05) is 24.4 Å². The molecule has 0 aliphatic heterocycles. The average Bonchev–Trinajstić information content (AvgIpc) is 2.31. The summed E-state index contributed by atoms with van der Waals surface area (Å²) in [6.07, 6.45) is 3.05. The molecule has 0 saturated heterocycles. The Balaban J connectivity index is 2.07. The van der Waals surface area contributed by atoms with E-state index < -0.39 is 0 Å². The third kappa shape index (κ3) is 2.93. The second-order valence-corrected chi connectivity index (χ2v) is 4.07. The van der Waals surface area contributed by atoms with Crippen molar-refractivity contribution in [1.82, 2.24) is 9.97 Å². The number of nitrogen functional groups attached to an aromatic ring is 1. The van der Waals surface area contributed by atoms with Crippen LogP contribution in [0.4, 0.5) is 5.69 Å². The van der Waals surface area contributed by atoms with E-state index in [1.165, 1.54) is 12.3 Å². The van der Waals surface area contributed by atoms with Gasteiger partial charge < -0.3 is 10.7 Å². The molecule has 0 saturated carbocycles. The zero-order valence-corrected chi connectivity index (χ0v) is 9.73. The van der Waals surface area contributed by atoms with Crippen LogP contribution in [0.3, 0.4) is 0 Å². The molecule has 0 fully saturated rings. The number of anilines is 1. The number of benzene rings is 1. The lowest BCUT2D eigenvalue weighted by molar-refractivity contribution is 0.847. The van der Waals surface area contributed by atoms with E-state index in [-0.39, 0.29) is 5.56 Å². The lowest BCUT2D eigenvalue weighted by Gasteiger charge is -2.04. The van der Waals surface area contributed by atoms with Gasteiger partial charge in [-0.3, -0.25) is 4.79 Å². The van der Waals surface area contributed by atoms with E-state index in [9.17, 15) is 4.79 Å². The molecule has 1 aromatic heterocycles. The highest BCUT2D eigenvalue weighted by Gasteiger charge is 2.00. The molecule has 0 spiro atoms. The predicted octanol–water partition coefficient (Wildman–Crippen LogP) is 1.45. The Kier molecular flexibility index (Phi) is 3.23. The number of H-pyrrole nitrogens is 1. The van der Waals surface area contributed by atoms with Gasteiger partial charge in [-0.15, -0.1) is 0 Å². The second-order valence-electron chi connectivity index (χ2n) is 4.07. The van der Waals surface area contributed by atoms with Crippen LogP contribution in [0.2, 0.25) is 0 Å². The zero-order chi connectivity index (χ0) is 12.3. The standard InChI is InChI=1S/C13H15N3O/c1-9-2-3-10(8-11(9)14)4-5-12-15-7-6-13(17)16-12/h2-3,6-8H,4-5,14H2,1H3,(H,15,16,17). The first-order valence-corrected chi connectivity index (χ1v) is 5.54. The number of nitrogens with one attached hydrogen (secondary N) is 1. The van der Waals surface area contributed by atoms with Crippen molar-refractivity contribution in [2.75, 3.05) is 5.73 Å². The molecule has 1 heterocycles. The summed E-state index contributed by atoms with van der Waals surface area (Å²) in [5.41, 5.74) is 8.77. The molecule has 0 bridgehead atoms. The molecule has 0 aliphatic rings. The zero-order valence-electron chi connectivity index (χ0n) is 9.73. The summed E-state index contributed by atoms with van der Waals surface area (Å²) in [5, 5.41) is 0. The number of aromatic nitrogens is 2. The van der Waals surface area contributed by atoms with Crippen LogP contribution in [0, 0.1) is 6.92 Å². The Morgan fingerprint density at radius 2 is 2.12 bits per heavy atom. The van der Waals surface area contributed by atoms with Crippen LogP contribution in [0.1, 0.15) is 17.0 Å². The van der Waals surface area contributed by atoms with E-state index in [0.717, 1.165) is 23.2 Å². The van der Waals surface area contributed by atoms with Crippen LogP contribution in [0.25, 0.3) is 0 Å². The number of hydrogen-bond donors (Lipinski definition) is 2. The first kappa shape index (κ1) is 11.4. The number of nitrogens with zero attached hydrogens (tertiary/aromatic N) is 1. The van der Waals surface area contributed by atoms with E-state index in [1.807, 2.05) is 25.1 Å². The third-order valence-electron chi connectivity index (χ3n) is 2.72. The maximum absolute atomic E-state index is 11.1. The van der Waals surface area contributed by atoms with Crippen molar-refractivity contribution < 1.29 is 0 Å². The molecular formula is C13H15N3O. The van der Waals surface area contributed by atoms with Gasteiger partial charge in [-0.05, 0) is 30.5 Å². The summed E-state index contributed by atoms with van der Waals surface area (Å²) < 4.78 is 0. The number of rotatable bonds is 3. The van der Waals surface area contributed by atoms with Gasteiger partial charge in [-0.1, -0.05) is 12.1 Å². The van der Waals surface area contributed by atoms with Crippen molar-refractivity contribution in [1.29, 1.82) is 0 Å². The second kappa shape index (κ2) is 4.82. The monoisotopic (exact) mass is 229 g/mol. The lowest BCUT2D eigenvalue weighted by Crippen LogP contribution is -2.09. The number of hydrogen-bond acceptors (Lipinski definition) is 3. The summed E-state index contributed by atoms with van der Waals surface area (Å²) in [6, 6.07) is 7.43. The lowest BCUT2D eigenvalue weighted by atomic mass is 10.1. The minimum atomic E-state index is -0.113. The molecule has 88 valence electrons. The molecule has 0 aliphatic carbocycles. The molecule has 2 rings (SSSR count). The smallest absolute Gasteiger partial charge is 0.250 e. The van der Waals surface area contributed by atoms with Gasteiger partial charge >= 0.3 is 0 Å². The van der Waals surface area contributed by atoms with Gasteiger partial charge in [-0.2, -0.15) is 0 Å². The largest absolute Gasteiger partial charge is 0.399 e. The molecule has 4 nitrogen and oxygen atoms in total. The van der Waals surface area contributed by atoms with Crippen molar-refractivity contribution in [3.05, 3.63) is 57.8 Å². The highest BCUT2D eigenvalue weighted by atomic mass is 16.1. The first-order chi connectivity index (χ1) is 8.15. The Morgan fingerprint density at radius 3 is 2.82 bits per heavy atom. The SMILES string of the molecule is Cc1ccc(CCc2nccc(=O)[nH]2)cc1N. The fourth-order valence-corrected chi connectivity index (χ4v) is 1.65. The van der Waals surface area contributed by atoms with Gasteiger partial charge in [0.2, 0.25) is 0 Å². The molecule has 0 radical (unpaired) electrons. The average molecular weight is 229 g/mol. The molecule has 17 heavy (non-hydrogen) atoms. The molecule has 0 atom stereocenters. The fraction of sp³-hybridized carbons (Fsp3) is 0.231. The molecule has 4 heteroatoms. The van der Waals surface area contributed by atoms with Gasteiger partial charge in [0.15, 0.2) is 0 Å². The number of nitrogens with two attached hydrogens (primary N) is 1. The van der Waals surface area contributed by atoms with Crippen LogP contribution in [0.5, 0.6) is 0 Å². The van der Waals surface area contributed by atoms with Crippen molar-refractivity contribution in [2.24, 2.45) is 0 Å². The highest BCUT2D eigenvalue weighted by molar-refractivity contribution is 5.48. The van der Waals surface area contributed by atoms with E-state index in [1.54, 1.807) is 0 Å². The van der Waals surface area contributed by atoms with Crippen molar-refractivity contribution in [3.8, 4) is 0 Å². The van der Waals surface area contributed by atoms with Crippen LogP contribution in [0.15, 0.2) is 35.3 Å². The highest BCUT2D eigenvalue weighted by Crippen LogP contribution is 2.13. The molecule has 0 unspecified atom stereocenters. The van der Waals surface area contributed by atoms with Gasteiger partial charge in [0.05, 0.1) is 0 Å². The van der Waals surface area contributed by atoms with Gasteiger partial charge in [-0.25, -0.2) is 4.98 Å². The first-order valence-electron chi connectivity index (χ1n) is 5.54. The van der Waals surface area contributed by atoms with Gasteiger partial charge in [0.25, 0.3) is 5.56 Å². The molecule has 3 N–H and O–H groups in total. The van der Waals surface area contributed by atoms with Crippen LogP contribution in [-0.4, -0.2) is 9.97 Å². The van der Waals surface area contributed by atoms with E-state index in [0.29, 0.717) is 12.2 Å². The summed E-state index contributed by atoms with van der Waals surface area (Å²) in [4.78, 5) is 17.9. The Labute approximate surface area is 99.5 Å². The Morgan fingerprint density at radius 1 is 1.29 bits per heavy atom. The van der Waals surface area contributed by atoms with Crippen LogP contribution >= 0.6 is 0 Å². The normalized spacial score (nSPS) is 10.4. The Hall–Kier alpha value is -2.10. The van der Waals surface area contributed by atoms with E-state index >= 15 is 0 Å². The Bertz CT molecular complexity index is 575. The van der Waals surface area contributed by atoms with Crippen molar-refractivity contribution >= 4 is 5.69 Å². The van der Waals surface area contributed by atoms with Crippen LogP contribution < -0.4 is 11.3 Å². The summed E-state index contributed by atoms with van der Waals surface area (Å²) in [7, 11) is 0. The summed E-state index contributed by atoms with van der Waals surface area (Å²) in [5.74, 6) is 0.705. The molecule has 0 amide bonds. The van der Waals surface area contributed by atoms with Gasteiger partial charge in [0.1, 0.15) is 5.82 Å². The number of aromatic amines is 1. The summed E-state index contributed by atoms with van der Waals surface area (Å²) in [6.45, 7) is 1.98. The minimum Gasteiger partial charge on any atom is -0.399 e. The molecule has 1 aromatic carbocycles. The third-order valence-corrected chi connectivity index (χ3v) is 2.72. The predicted molar refractivity (Wildman–Crippen MR) is 67.9 cm³/mol. The van der Waals surface area contributed by atoms with E-state index in [2.05, 4.69) is 9.97 Å². The van der Waals surface area contributed by atoms with Crippen molar-refractivity contribution in [3.63, 3.8) is 0 Å². The van der Waals surface area contributed by atoms with Crippen molar-refractivity contribution in [2.45, 2.75) is 19.8 Å². The van der Waals surface area contributed by atoms with E-state index in [4.69, 9.17) is 5.73 Å². The molecule has 2 aromatic rings. The van der Waals surface area contributed by atoms with Crippen LogP contribution in [-0.2, 0) is 12.8 Å². The quantitative estimate of drug-likeness (QED) is 0.782. The number of aryl methyl sites for hydroxylation is 3. The maximum atomic E-state index is 11.1. The fourth-order valence-electron chi connectivity index (χ4n) is 1.65. The summed E-state index contributed by atoms with van der Waals surface area (Å²) >= 11 is 0. The minimum absolute atomic E-state index is 0.113.